The third-order valence-electron chi connectivity index (χ3n) is 3.12. The number of ether oxygens (including phenoxy) is 1. The summed E-state index contributed by atoms with van der Waals surface area (Å²) < 4.78 is 6.34. The van der Waals surface area contributed by atoms with Crippen LogP contribution in [0.15, 0.2) is 4.47 Å². The molecule has 1 atom stereocenters. The summed E-state index contributed by atoms with van der Waals surface area (Å²) >= 11 is 3.63. The fourth-order valence-electron chi connectivity index (χ4n) is 1.76. The van der Waals surface area contributed by atoms with Gasteiger partial charge in [-0.05, 0) is 42.1 Å². The van der Waals surface area contributed by atoms with Crippen LogP contribution in [-0.2, 0) is 4.74 Å². The van der Waals surface area contributed by atoms with Crippen LogP contribution in [-0.4, -0.2) is 23.6 Å². The van der Waals surface area contributed by atoms with Gasteiger partial charge in [0, 0.05) is 19.6 Å². The van der Waals surface area contributed by atoms with E-state index in [0.717, 1.165) is 34.8 Å². The third kappa shape index (κ3) is 3.01. The quantitative estimate of drug-likeness (QED) is 0.871. The second-order valence-corrected chi connectivity index (χ2v) is 5.50. The number of anilines is 1. The SMILES string of the molecule is CCCNc1nc(C(C)OC)nc(C2CC2)c1Br. The van der Waals surface area contributed by atoms with E-state index in [0.29, 0.717) is 5.92 Å². The number of methoxy groups -OCH3 is 1. The maximum absolute atomic E-state index is 5.32. The minimum Gasteiger partial charge on any atom is -0.374 e. The number of hydrogen-bond donors (Lipinski definition) is 1. The largest absolute Gasteiger partial charge is 0.374 e. The zero-order valence-corrected chi connectivity index (χ0v) is 12.7. The highest BCUT2D eigenvalue weighted by atomic mass is 79.9. The van der Waals surface area contributed by atoms with Crippen molar-refractivity contribution in [2.45, 2.75) is 45.1 Å². The van der Waals surface area contributed by atoms with Gasteiger partial charge in [-0.15, -0.1) is 0 Å². The molecule has 0 spiro atoms. The van der Waals surface area contributed by atoms with Crippen LogP contribution in [0.3, 0.4) is 0 Å². The van der Waals surface area contributed by atoms with Gasteiger partial charge in [0.2, 0.25) is 0 Å². The Morgan fingerprint density at radius 1 is 1.44 bits per heavy atom. The number of aromatic nitrogens is 2. The molecule has 0 radical (unpaired) electrons. The van der Waals surface area contributed by atoms with Gasteiger partial charge in [-0.25, -0.2) is 9.97 Å². The van der Waals surface area contributed by atoms with Crippen molar-refractivity contribution in [3.8, 4) is 0 Å². The van der Waals surface area contributed by atoms with Gasteiger partial charge < -0.3 is 10.1 Å². The molecule has 2 rings (SSSR count). The summed E-state index contributed by atoms with van der Waals surface area (Å²) in [7, 11) is 1.69. The Bertz CT molecular complexity index is 421. The van der Waals surface area contributed by atoms with E-state index >= 15 is 0 Å². The van der Waals surface area contributed by atoms with Crippen molar-refractivity contribution in [3.05, 3.63) is 16.0 Å². The van der Waals surface area contributed by atoms with Crippen LogP contribution in [0.25, 0.3) is 0 Å². The molecule has 0 aromatic carbocycles. The van der Waals surface area contributed by atoms with Gasteiger partial charge in [-0.1, -0.05) is 6.92 Å². The Kier molecular flexibility index (Phi) is 4.56. The molecule has 0 amide bonds. The maximum atomic E-state index is 5.32. The molecule has 1 N–H and O–H groups in total. The molecule has 1 aromatic rings. The zero-order valence-electron chi connectivity index (χ0n) is 11.2. The lowest BCUT2D eigenvalue weighted by Gasteiger charge is -2.15. The van der Waals surface area contributed by atoms with E-state index in [1.54, 1.807) is 7.11 Å². The van der Waals surface area contributed by atoms with E-state index in [2.05, 4.69) is 38.1 Å². The molecular weight excluding hydrogens is 294 g/mol. The smallest absolute Gasteiger partial charge is 0.159 e. The van der Waals surface area contributed by atoms with Crippen molar-refractivity contribution in [1.82, 2.24) is 9.97 Å². The highest BCUT2D eigenvalue weighted by Gasteiger charge is 2.30. The fourth-order valence-corrected chi connectivity index (χ4v) is 2.40. The molecule has 5 heteroatoms. The summed E-state index contributed by atoms with van der Waals surface area (Å²) in [6.45, 7) is 5.03. The molecule has 1 aliphatic carbocycles. The van der Waals surface area contributed by atoms with E-state index in [1.807, 2.05) is 6.92 Å². The van der Waals surface area contributed by atoms with Gasteiger partial charge in [0.25, 0.3) is 0 Å². The number of rotatable bonds is 6. The summed E-state index contributed by atoms with van der Waals surface area (Å²) in [5.41, 5.74) is 1.13. The summed E-state index contributed by atoms with van der Waals surface area (Å²) in [5.74, 6) is 2.25. The molecule has 100 valence electrons. The number of nitrogens with zero attached hydrogens (tertiary/aromatic N) is 2. The van der Waals surface area contributed by atoms with Crippen LogP contribution in [0.4, 0.5) is 5.82 Å². The zero-order chi connectivity index (χ0) is 13.1. The van der Waals surface area contributed by atoms with Crippen LogP contribution in [0.2, 0.25) is 0 Å². The summed E-state index contributed by atoms with van der Waals surface area (Å²) in [6, 6.07) is 0. The van der Waals surface area contributed by atoms with Gasteiger partial charge in [0.1, 0.15) is 11.9 Å². The van der Waals surface area contributed by atoms with Crippen molar-refractivity contribution in [2.75, 3.05) is 19.0 Å². The Hall–Kier alpha value is -0.680. The first kappa shape index (κ1) is 13.7. The van der Waals surface area contributed by atoms with Crippen molar-refractivity contribution in [3.63, 3.8) is 0 Å². The van der Waals surface area contributed by atoms with Crippen LogP contribution in [0, 0.1) is 0 Å². The van der Waals surface area contributed by atoms with Crippen LogP contribution in [0.5, 0.6) is 0 Å². The Morgan fingerprint density at radius 3 is 2.72 bits per heavy atom. The predicted molar refractivity (Wildman–Crippen MR) is 75.9 cm³/mol. The lowest BCUT2D eigenvalue weighted by Crippen LogP contribution is -2.11. The molecule has 18 heavy (non-hydrogen) atoms. The van der Waals surface area contributed by atoms with Crippen molar-refractivity contribution in [2.24, 2.45) is 0 Å². The van der Waals surface area contributed by atoms with E-state index in [-0.39, 0.29) is 6.10 Å². The molecule has 1 unspecified atom stereocenters. The normalized spacial score (nSPS) is 16.7. The van der Waals surface area contributed by atoms with Gasteiger partial charge in [0.15, 0.2) is 5.82 Å². The first-order chi connectivity index (χ1) is 8.67. The highest BCUT2D eigenvalue weighted by Crippen LogP contribution is 2.44. The summed E-state index contributed by atoms with van der Waals surface area (Å²) in [5, 5.41) is 3.35. The lowest BCUT2D eigenvalue weighted by atomic mass is 10.2. The predicted octanol–water partition coefficient (Wildman–Crippen LogP) is 3.65. The van der Waals surface area contributed by atoms with Crippen molar-refractivity contribution < 1.29 is 4.74 Å². The number of hydrogen-bond acceptors (Lipinski definition) is 4. The Morgan fingerprint density at radius 2 is 2.17 bits per heavy atom. The van der Waals surface area contributed by atoms with Crippen molar-refractivity contribution >= 4 is 21.7 Å². The number of halogens is 1. The molecule has 1 heterocycles. The second-order valence-electron chi connectivity index (χ2n) is 4.71. The van der Waals surface area contributed by atoms with Gasteiger partial charge in [-0.3, -0.25) is 0 Å². The van der Waals surface area contributed by atoms with Gasteiger partial charge in [0.05, 0.1) is 10.2 Å². The molecule has 1 saturated carbocycles. The molecule has 0 bridgehead atoms. The average Bonchev–Trinajstić information content (AvgIpc) is 3.21. The topological polar surface area (TPSA) is 47.0 Å². The first-order valence-electron chi connectivity index (χ1n) is 6.51. The first-order valence-corrected chi connectivity index (χ1v) is 7.30. The van der Waals surface area contributed by atoms with E-state index in [1.165, 1.54) is 12.8 Å². The monoisotopic (exact) mass is 313 g/mol. The Labute approximate surface area is 117 Å². The average molecular weight is 314 g/mol. The third-order valence-corrected chi connectivity index (χ3v) is 3.90. The minimum absolute atomic E-state index is 0.0715. The van der Waals surface area contributed by atoms with E-state index in [9.17, 15) is 0 Å². The fraction of sp³-hybridized carbons (Fsp3) is 0.692. The molecule has 0 saturated heterocycles. The summed E-state index contributed by atoms with van der Waals surface area (Å²) in [4.78, 5) is 9.21. The van der Waals surface area contributed by atoms with Crippen LogP contribution < -0.4 is 5.32 Å². The van der Waals surface area contributed by atoms with E-state index in [4.69, 9.17) is 4.74 Å². The molecular formula is C13H20BrN3O. The molecule has 4 nitrogen and oxygen atoms in total. The Balaban J connectivity index is 2.33. The lowest BCUT2D eigenvalue weighted by molar-refractivity contribution is 0.112. The molecule has 1 aliphatic rings. The second kappa shape index (κ2) is 5.97. The molecule has 0 aliphatic heterocycles. The molecule has 1 aromatic heterocycles. The standard InChI is InChI=1S/C13H20BrN3O/c1-4-7-15-13-10(14)11(9-5-6-9)16-12(17-13)8(2)18-3/h8-9H,4-7H2,1-3H3,(H,15,16,17). The van der Waals surface area contributed by atoms with Gasteiger partial charge >= 0.3 is 0 Å². The van der Waals surface area contributed by atoms with Crippen LogP contribution >= 0.6 is 15.9 Å². The summed E-state index contributed by atoms with van der Waals surface area (Å²) in [6.07, 6.45) is 3.45. The molecule has 1 fully saturated rings. The van der Waals surface area contributed by atoms with E-state index < -0.39 is 0 Å². The minimum atomic E-state index is -0.0715. The maximum Gasteiger partial charge on any atom is 0.159 e. The number of nitrogens with one attached hydrogen (secondary N) is 1. The van der Waals surface area contributed by atoms with Crippen LogP contribution in [0.1, 0.15) is 56.7 Å². The van der Waals surface area contributed by atoms with Crippen molar-refractivity contribution in [1.29, 1.82) is 0 Å². The van der Waals surface area contributed by atoms with Gasteiger partial charge in [-0.2, -0.15) is 0 Å². The highest BCUT2D eigenvalue weighted by molar-refractivity contribution is 9.10.